The molecular formula is C18H38. The monoisotopic (exact) mass is 254 g/mol. The van der Waals surface area contributed by atoms with Crippen LogP contribution >= 0.6 is 0 Å². The SMILES string of the molecule is CCCC(CC)C(C)CCCC(C)C(C)(C)CC. The lowest BCUT2D eigenvalue weighted by atomic mass is 9.74. The minimum Gasteiger partial charge on any atom is -0.0654 e. The predicted octanol–water partition coefficient (Wildman–Crippen LogP) is 6.69. The Hall–Kier alpha value is 0. The zero-order valence-electron chi connectivity index (χ0n) is 14.2. The largest absolute Gasteiger partial charge is 0.0654 e. The molecule has 0 aliphatic heterocycles. The van der Waals surface area contributed by atoms with Crippen LogP contribution in [0.4, 0.5) is 0 Å². The van der Waals surface area contributed by atoms with E-state index in [0.29, 0.717) is 5.41 Å². The molecule has 3 unspecified atom stereocenters. The molecular weight excluding hydrogens is 216 g/mol. The summed E-state index contributed by atoms with van der Waals surface area (Å²) < 4.78 is 0. The lowest BCUT2D eigenvalue weighted by molar-refractivity contribution is 0.197. The van der Waals surface area contributed by atoms with Crippen LogP contribution in [-0.4, -0.2) is 0 Å². The summed E-state index contributed by atoms with van der Waals surface area (Å²) in [4.78, 5) is 0. The predicted molar refractivity (Wildman–Crippen MR) is 84.9 cm³/mol. The second-order valence-electron chi connectivity index (χ2n) is 7.11. The van der Waals surface area contributed by atoms with Gasteiger partial charge in [-0.15, -0.1) is 0 Å². The van der Waals surface area contributed by atoms with Gasteiger partial charge in [-0.05, 0) is 23.2 Å². The molecule has 0 amide bonds. The van der Waals surface area contributed by atoms with E-state index >= 15 is 0 Å². The van der Waals surface area contributed by atoms with E-state index in [1.54, 1.807) is 0 Å². The summed E-state index contributed by atoms with van der Waals surface area (Å²) in [5, 5.41) is 0. The van der Waals surface area contributed by atoms with Crippen molar-refractivity contribution < 1.29 is 0 Å². The average Bonchev–Trinajstić information content (AvgIpc) is 2.35. The highest BCUT2D eigenvalue weighted by Gasteiger charge is 2.23. The highest BCUT2D eigenvalue weighted by atomic mass is 14.3. The molecule has 0 spiro atoms. The molecule has 0 heterocycles. The topological polar surface area (TPSA) is 0 Å². The Labute approximate surface area is 117 Å². The molecule has 0 radical (unpaired) electrons. The highest BCUT2D eigenvalue weighted by molar-refractivity contribution is 4.74. The van der Waals surface area contributed by atoms with Crippen molar-refractivity contribution in [3.05, 3.63) is 0 Å². The Kier molecular flexibility index (Phi) is 8.99. The molecule has 0 heteroatoms. The molecule has 0 aliphatic rings. The zero-order chi connectivity index (χ0) is 14.2. The van der Waals surface area contributed by atoms with Gasteiger partial charge in [0.1, 0.15) is 0 Å². The van der Waals surface area contributed by atoms with Gasteiger partial charge in [0.25, 0.3) is 0 Å². The highest BCUT2D eigenvalue weighted by Crippen LogP contribution is 2.34. The smallest absolute Gasteiger partial charge is 0.0331 e. The third-order valence-electron chi connectivity index (χ3n) is 5.53. The van der Waals surface area contributed by atoms with Gasteiger partial charge in [-0.2, -0.15) is 0 Å². The second kappa shape index (κ2) is 8.99. The van der Waals surface area contributed by atoms with Gasteiger partial charge in [-0.25, -0.2) is 0 Å². The van der Waals surface area contributed by atoms with Crippen LogP contribution in [0.15, 0.2) is 0 Å². The Bertz CT molecular complexity index is 192. The summed E-state index contributed by atoms with van der Waals surface area (Å²) in [5.41, 5.74) is 0.525. The molecule has 0 nitrogen and oxygen atoms in total. The molecule has 0 aromatic heterocycles. The first-order valence-corrected chi connectivity index (χ1v) is 8.38. The first-order valence-electron chi connectivity index (χ1n) is 8.38. The Morgan fingerprint density at radius 2 is 1.50 bits per heavy atom. The molecule has 0 rings (SSSR count). The van der Waals surface area contributed by atoms with Crippen molar-refractivity contribution in [2.24, 2.45) is 23.2 Å². The lowest BCUT2D eigenvalue weighted by Crippen LogP contribution is -2.21. The van der Waals surface area contributed by atoms with Crippen molar-refractivity contribution in [3.63, 3.8) is 0 Å². The van der Waals surface area contributed by atoms with Crippen LogP contribution in [0.2, 0.25) is 0 Å². The fourth-order valence-electron chi connectivity index (χ4n) is 2.98. The third-order valence-corrected chi connectivity index (χ3v) is 5.53. The van der Waals surface area contributed by atoms with E-state index in [1.807, 2.05) is 0 Å². The number of hydrogen-bond donors (Lipinski definition) is 0. The van der Waals surface area contributed by atoms with Crippen LogP contribution < -0.4 is 0 Å². The standard InChI is InChI=1S/C18H38/c1-8-12-17(9-2)15(4)13-11-14-16(5)18(6,7)10-3/h15-17H,8-14H2,1-7H3. The molecule has 0 aromatic rings. The minimum absolute atomic E-state index is 0.525. The summed E-state index contributed by atoms with van der Waals surface area (Å²) in [6.07, 6.45) is 9.71. The number of rotatable bonds is 10. The molecule has 0 aliphatic carbocycles. The van der Waals surface area contributed by atoms with Crippen molar-refractivity contribution in [2.45, 2.75) is 93.4 Å². The summed E-state index contributed by atoms with van der Waals surface area (Å²) in [5.74, 6) is 2.75. The minimum atomic E-state index is 0.525. The van der Waals surface area contributed by atoms with Crippen molar-refractivity contribution in [3.8, 4) is 0 Å². The van der Waals surface area contributed by atoms with E-state index in [-0.39, 0.29) is 0 Å². The normalized spacial score (nSPS) is 17.5. The average molecular weight is 255 g/mol. The molecule has 0 fully saturated rings. The maximum Gasteiger partial charge on any atom is -0.0331 e. The van der Waals surface area contributed by atoms with Crippen LogP contribution in [0.5, 0.6) is 0 Å². The first kappa shape index (κ1) is 18.0. The lowest BCUT2D eigenvalue weighted by Gasteiger charge is -2.31. The van der Waals surface area contributed by atoms with Gasteiger partial charge < -0.3 is 0 Å². The Morgan fingerprint density at radius 1 is 0.889 bits per heavy atom. The van der Waals surface area contributed by atoms with E-state index in [1.165, 1.54) is 44.9 Å². The molecule has 18 heavy (non-hydrogen) atoms. The molecule has 0 aromatic carbocycles. The van der Waals surface area contributed by atoms with E-state index in [0.717, 1.165) is 17.8 Å². The fraction of sp³-hybridized carbons (Fsp3) is 1.00. The van der Waals surface area contributed by atoms with Crippen LogP contribution in [0, 0.1) is 23.2 Å². The van der Waals surface area contributed by atoms with Gasteiger partial charge in [0.15, 0.2) is 0 Å². The second-order valence-corrected chi connectivity index (χ2v) is 7.11. The Balaban J connectivity index is 3.96. The van der Waals surface area contributed by atoms with E-state index in [4.69, 9.17) is 0 Å². The van der Waals surface area contributed by atoms with Gasteiger partial charge in [0.05, 0.1) is 0 Å². The van der Waals surface area contributed by atoms with Crippen LogP contribution in [-0.2, 0) is 0 Å². The van der Waals surface area contributed by atoms with Gasteiger partial charge in [0.2, 0.25) is 0 Å². The third kappa shape index (κ3) is 6.25. The van der Waals surface area contributed by atoms with Crippen molar-refractivity contribution in [1.82, 2.24) is 0 Å². The summed E-state index contributed by atoms with van der Waals surface area (Å²) in [6.45, 7) is 16.8. The molecule has 110 valence electrons. The Morgan fingerprint density at radius 3 is 1.94 bits per heavy atom. The van der Waals surface area contributed by atoms with Crippen LogP contribution in [0.3, 0.4) is 0 Å². The zero-order valence-corrected chi connectivity index (χ0v) is 14.2. The summed E-state index contributed by atoms with van der Waals surface area (Å²) in [7, 11) is 0. The van der Waals surface area contributed by atoms with Gasteiger partial charge in [-0.3, -0.25) is 0 Å². The first-order chi connectivity index (χ1) is 8.38. The van der Waals surface area contributed by atoms with E-state index in [2.05, 4.69) is 48.5 Å². The van der Waals surface area contributed by atoms with Crippen molar-refractivity contribution in [1.29, 1.82) is 0 Å². The maximum absolute atomic E-state index is 2.47. The molecule has 0 saturated carbocycles. The quantitative estimate of drug-likeness (QED) is 0.407. The fourth-order valence-corrected chi connectivity index (χ4v) is 2.98. The molecule has 0 bridgehead atoms. The van der Waals surface area contributed by atoms with Crippen molar-refractivity contribution >= 4 is 0 Å². The van der Waals surface area contributed by atoms with Crippen LogP contribution in [0.1, 0.15) is 93.4 Å². The van der Waals surface area contributed by atoms with Gasteiger partial charge in [0, 0.05) is 0 Å². The maximum atomic E-state index is 2.47. The van der Waals surface area contributed by atoms with Gasteiger partial charge in [-0.1, -0.05) is 93.4 Å². The van der Waals surface area contributed by atoms with Gasteiger partial charge >= 0.3 is 0 Å². The molecule has 3 atom stereocenters. The molecule has 0 saturated heterocycles. The molecule has 0 N–H and O–H groups in total. The number of hydrogen-bond acceptors (Lipinski definition) is 0. The van der Waals surface area contributed by atoms with E-state index in [9.17, 15) is 0 Å². The van der Waals surface area contributed by atoms with Crippen LogP contribution in [0.25, 0.3) is 0 Å². The summed E-state index contributed by atoms with van der Waals surface area (Å²) in [6, 6.07) is 0. The summed E-state index contributed by atoms with van der Waals surface area (Å²) >= 11 is 0. The van der Waals surface area contributed by atoms with E-state index < -0.39 is 0 Å². The van der Waals surface area contributed by atoms with Crippen molar-refractivity contribution in [2.75, 3.05) is 0 Å².